The minimum absolute atomic E-state index is 0.101. The number of carbonyl (C=O) groups is 2. The van der Waals surface area contributed by atoms with Crippen LogP contribution >= 0.6 is 0 Å². The summed E-state index contributed by atoms with van der Waals surface area (Å²) < 4.78 is 1.48. The Morgan fingerprint density at radius 3 is 2.90 bits per heavy atom. The standard InChI is InChI=1S/C13H15N5O3/c14-4-5-18-8-11(16-17-18)13(21)15-10-3-1-2-9(6-10)7-12(19)20/h1-3,6,8H,4-5,7,14H2,(H,15,21)(H,19,20). The van der Waals surface area contributed by atoms with Gasteiger partial charge in [0.2, 0.25) is 0 Å². The number of hydrogen-bond acceptors (Lipinski definition) is 5. The lowest BCUT2D eigenvalue weighted by atomic mass is 10.1. The van der Waals surface area contributed by atoms with E-state index in [-0.39, 0.29) is 12.1 Å². The second kappa shape index (κ2) is 6.62. The van der Waals surface area contributed by atoms with Crippen LogP contribution in [0.4, 0.5) is 5.69 Å². The number of carboxylic acids is 1. The monoisotopic (exact) mass is 289 g/mol. The van der Waals surface area contributed by atoms with E-state index in [0.717, 1.165) is 0 Å². The molecule has 21 heavy (non-hydrogen) atoms. The largest absolute Gasteiger partial charge is 0.481 e. The fourth-order valence-electron chi connectivity index (χ4n) is 1.77. The Kier molecular flexibility index (Phi) is 4.62. The first kappa shape index (κ1) is 14.7. The zero-order chi connectivity index (χ0) is 15.2. The van der Waals surface area contributed by atoms with E-state index in [4.69, 9.17) is 10.8 Å². The number of anilines is 1. The van der Waals surface area contributed by atoms with Gasteiger partial charge < -0.3 is 16.2 Å². The van der Waals surface area contributed by atoms with E-state index >= 15 is 0 Å². The molecule has 0 aliphatic heterocycles. The average Bonchev–Trinajstić information content (AvgIpc) is 2.87. The van der Waals surface area contributed by atoms with Crippen LogP contribution in [0.5, 0.6) is 0 Å². The van der Waals surface area contributed by atoms with Crippen LogP contribution in [0.2, 0.25) is 0 Å². The molecule has 1 aromatic heterocycles. The van der Waals surface area contributed by atoms with Crippen molar-refractivity contribution in [3.05, 3.63) is 41.7 Å². The van der Waals surface area contributed by atoms with Gasteiger partial charge in [-0.3, -0.25) is 14.3 Å². The van der Waals surface area contributed by atoms with E-state index < -0.39 is 11.9 Å². The number of rotatable bonds is 6. The van der Waals surface area contributed by atoms with Crippen LogP contribution in [0.1, 0.15) is 16.1 Å². The molecule has 0 saturated heterocycles. The third-order valence-electron chi connectivity index (χ3n) is 2.67. The summed E-state index contributed by atoms with van der Waals surface area (Å²) in [5, 5.41) is 18.9. The molecule has 110 valence electrons. The molecule has 0 spiro atoms. The number of nitrogens with zero attached hydrogens (tertiary/aromatic N) is 3. The zero-order valence-electron chi connectivity index (χ0n) is 11.2. The third-order valence-corrected chi connectivity index (χ3v) is 2.67. The number of amides is 1. The lowest BCUT2D eigenvalue weighted by Gasteiger charge is -2.04. The highest BCUT2D eigenvalue weighted by molar-refractivity contribution is 6.02. The van der Waals surface area contributed by atoms with Crippen molar-refractivity contribution in [3.63, 3.8) is 0 Å². The van der Waals surface area contributed by atoms with Crippen molar-refractivity contribution < 1.29 is 14.7 Å². The minimum Gasteiger partial charge on any atom is -0.481 e. The van der Waals surface area contributed by atoms with E-state index in [1.807, 2.05) is 0 Å². The molecule has 0 fully saturated rings. The van der Waals surface area contributed by atoms with Crippen molar-refractivity contribution >= 4 is 17.6 Å². The van der Waals surface area contributed by atoms with Gasteiger partial charge in [-0.2, -0.15) is 0 Å². The van der Waals surface area contributed by atoms with Crippen LogP contribution in [-0.2, 0) is 17.8 Å². The smallest absolute Gasteiger partial charge is 0.307 e. The molecule has 8 nitrogen and oxygen atoms in total. The number of aromatic nitrogens is 3. The molecule has 0 bridgehead atoms. The first-order chi connectivity index (χ1) is 10.1. The highest BCUT2D eigenvalue weighted by Gasteiger charge is 2.11. The zero-order valence-corrected chi connectivity index (χ0v) is 11.2. The number of nitrogens with two attached hydrogens (primary N) is 1. The van der Waals surface area contributed by atoms with Gasteiger partial charge >= 0.3 is 5.97 Å². The second-order valence-corrected chi connectivity index (χ2v) is 4.38. The Labute approximate surface area is 120 Å². The van der Waals surface area contributed by atoms with Crippen molar-refractivity contribution in [2.75, 3.05) is 11.9 Å². The Bertz CT molecular complexity index is 653. The van der Waals surface area contributed by atoms with Crippen molar-refractivity contribution in [2.45, 2.75) is 13.0 Å². The SMILES string of the molecule is NCCn1cc(C(=O)Nc2cccc(CC(=O)O)c2)nn1. The van der Waals surface area contributed by atoms with Crippen molar-refractivity contribution in [2.24, 2.45) is 5.73 Å². The van der Waals surface area contributed by atoms with Crippen LogP contribution in [0.15, 0.2) is 30.5 Å². The van der Waals surface area contributed by atoms with Gasteiger partial charge in [0.1, 0.15) is 0 Å². The molecule has 2 aromatic rings. The van der Waals surface area contributed by atoms with E-state index in [1.165, 1.54) is 10.9 Å². The van der Waals surface area contributed by atoms with Gasteiger partial charge in [-0.25, -0.2) is 0 Å². The first-order valence-corrected chi connectivity index (χ1v) is 6.31. The molecule has 0 aliphatic rings. The number of carboxylic acid groups (broad SMARTS) is 1. The molecule has 1 heterocycles. The molecular formula is C13H15N5O3. The number of benzene rings is 1. The highest BCUT2D eigenvalue weighted by Crippen LogP contribution is 2.12. The Morgan fingerprint density at radius 1 is 1.38 bits per heavy atom. The summed E-state index contributed by atoms with van der Waals surface area (Å²) in [5.74, 6) is -1.34. The molecule has 4 N–H and O–H groups in total. The average molecular weight is 289 g/mol. The summed E-state index contributed by atoms with van der Waals surface area (Å²) in [5.41, 5.74) is 6.67. The summed E-state index contributed by atoms with van der Waals surface area (Å²) in [6.45, 7) is 0.885. The maximum Gasteiger partial charge on any atom is 0.307 e. The van der Waals surface area contributed by atoms with Crippen molar-refractivity contribution in [3.8, 4) is 0 Å². The summed E-state index contributed by atoms with van der Waals surface area (Å²) in [4.78, 5) is 22.7. The van der Waals surface area contributed by atoms with Crippen LogP contribution in [0.25, 0.3) is 0 Å². The quantitative estimate of drug-likeness (QED) is 0.694. The Morgan fingerprint density at radius 2 is 2.19 bits per heavy atom. The second-order valence-electron chi connectivity index (χ2n) is 4.38. The lowest BCUT2D eigenvalue weighted by Crippen LogP contribution is -2.13. The van der Waals surface area contributed by atoms with Crippen LogP contribution in [-0.4, -0.2) is 38.5 Å². The molecule has 1 aromatic carbocycles. The maximum atomic E-state index is 12.0. The van der Waals surface area contributed by atoms with Crippen LogP contribution in [0.3, 0.4) is 0 Å². The van der Waals surface area contributed by atoms with Gasteiger partial charge in [0, 0.05) is 12.2 Å². The maximum absolute atomic E-state index is 12.0. The fourth-order valence-corrected chi connectivity index (χ4v) is 1.77. The number of hydrogen-bond donors (Lipinski definition) is 3. The summed E-state index contributed by atoms with van der Waals surface area (Å²) in [7, 11) is 0. The van der Waals surface area contributed by atoms with Crippen LogP contribution < -0.4 is 11.1 Å². The Hall–Kier alpha value is -2.74. The third kappa shape index (κ3) is 4.11. The Balaban J connectivity index is 2.06. The lowest BCUT2D eigenvalue weighted by molar-refractivity contribution is -0.136. The highest BCUT2D eigenvalue weighted by atomic mass is 16.4. The van der Waals surface area contributed by atoms with Crippen molar-refractivity contribution in [1.29, 1.82) is 0 Å². The van der Waals surface area contributed by atoms with Gasteiger partial charge in [-0.1, -0.05) is 17.3 Å². The molecular weight excluding hydrogens is 274 g/mol. The predicted octanol–water partition coefficient (Wildman–Crippen LogP) is 0.116. The molecule has 1 amide bonds. The summed E-state index contributed by atoms with van der Waals surface area (Å²) in [6.07, 6.45) is 1.40. The van der Waals surface area contributed by atoms with E-state index in [2.05, 4.69) is 15.6 Å². The fraction of sp³-hybridized carbons (Fsp3) is 0.231. The molecule has 8 heteroatoms. The van der Waals surface area contributed by atoms with Gasteiger partial charge in [-0.15, -0.1) is 5.10 Å². The van der Waals surface area contributed by atoms with Gasteiger partial charge in [-0.05, 0) is 17.7 Å². The molecule has 0 saturated carbocycles. The topological polar surface area (TPSA) is 123 Å². The molecule has 0 atom stereocenters. The minimum atomic E-state index is -0.928. The van der Waals surface area contributed by atoms with E-state index in [0.29, 0.717) is 24.3 Å². The number of aliphatic carboxylic acids is 1. The molecule has 2 rings (SSSR count). The molecule has 0 unspecified atom stereocenters. The summed E-state index contributed by atoms with van der Waals surface area (Å²) >= 11 is 0. The molecule has 0 radical (unpaired) electrons. The number of carbonyl (C=O) groups excluding carboxylic acids is 1. The predicted molar refractivity (Wildman–Crippen MR) is 74.8 cm³/mol. The van der Waals surface area contributed by atoms with E-state index in [9.17, 15) is 9.59 Å². The molecule has 0 aliphatic carbocycles. The van der Waals surface area contributed by atoms with Gasteiger partial charge in [0.15, 0.2) is 5.69 Å². The first-order valence-electron chi connectivity index (χ1n) is 6.31. The van der Waals surface area contributed by atoms with Crippen LogP contribution in [0, 0.1) is 0 Å². The van der Waals surface area contributed by atoms with Gasteiger partial charge in [0.25, 0.3) is 5.91 Å². The normalized spacial score (nSPS) is 10.3. The summed E-state index contributed by atoms with van der Waals surface area (Å²) in [6, 6.07) is 6.64. The van der Waals surface area contributed by atoms with Gasteiger partial charge in [0.05, 0.1) is 19.2 Å². The number of nitrogens with one attached hydrogen (secondary N) is 1. The van der Waals surface area contributed by atoms with E-state index in [1.54, 1.807) is 24.3 Å². The van der Waals surface area contributed by atoms with Crippen molar-refractivity contribution in [1.82, 2.24) is 15.0 Å².